The molecular formula is C26H25FN6O. The minimum absolute atomic E-state index is 0.201. The highest BCUT2D eigenvalue weighted by Crippen LogP contribution is 2.26. The molecule has 0 aliphatic carbocycles. The summed E-state index contributed by atoms with van der Waals surface area (Å²) in [6.45, 7) is 4.68. The van der Waals surface area contributed by atoms with Crippen LogP contribution in [0.3, 0.4) is 0 Å². The third kappa shape index (κ3) is 4.72. The van der Waals surface area contributed by atoms with Gasteiger partial charge in [-0.3, -0.25) is 4.98 Å². The average molecular weight is 457 g/mol. The summed E-state index contributed by atoms with van der Waals surface area (Å²) in [5.74, 6) is -0.239. The maximum atomic E-state index is 14.7. The van der Waals surface area contributed by atoms with E-state index in [4.69, 9.17) is 15.5 Å². The van der Waals surface area contributed by atoms with Crippen LogP contribution >= 0.6 is 0 Å². The first-order valence-corrected chi connectivity index (χ1v) is 11.1. The van der Waals surface area contributed by atoms with Crippen molar-refractivity contribution in [3.8, 4) is 17.0 Å². The summed E-state index contributed by atoms with van der Waals surface area (Å²) in [4.78, 5) is 9.09. The van der Waals surface area contributed by atoms with Gasteiger partial charge in [0, 0.05) is 22.7 Å². The zero-order valence-corrected chi connectivity index (χ0v) is 19.1. The van der Waals surface area contributed by atoms with Gasteiger partial charge in [0.05, 0.1) is 24.4 Å². The largest absolute Gasteiger partial charge is 0.490 e. The number of benzene rings is 2. The van der Waals surface area contributed by atoms with Gasteiger partial charge >= 0.3 is 0 Å². The maximum absolute atomic E-state index is 14.7. The lowest BCUT2D eigenvalue weighted by molar-refractivity contribution is 0.263. The molecule has 0 saturated heterocycles. The van der Waals surface area contributed by atoms with E-state index in [9.17, 15) is 4.39 Å². The molecule has 0 aliphatic rings. The van der Waals surface area contributed by atoms with E-state index in [1.807, 2.05) is 50.2 Å². The number of rotatable bonds is 7. The summed E-state index contributed by atoms with van der Waals surface area (Å²) in [7, 11) is 0. The highest BCUT2D eigenvalue weighted by molar-refractivity contribution is 5.79. The molecule has 34 heavy (non-hydrogen) atoms. The summed E-state index contributed by atoms with van der Waals surface area (Å²) in [5, 5.41) is 9.57. The van der Waals surface area contributed by atoms with E-state index in [-0.39, 0.29) is 11.3 Å². The van der Waals surface area contributed by atoms with Gasteiger partial charge in [-0.15, -0.1) is 5.10 Å². The molecule has 5 rings (SSSR count). The Morgan fingerprint density at radius 3 is 2.71 bits per heavy atom. The monoisotopic (exact) mass is 456 g/mol. The number of fused-ring (bicyclic) bond motifs is 2. The first-order chi connectivity index (χ1) is 16.4. The summed E-state index contributed by atoms with van der Waals surface area (Å²) < 4.78 is 22.0. The first kappa shape index (κ1) is 21.9. The van der Waals surface area contributed by atoms with Gasteiger partial charge in [0.15, 0.2) is 17.2 Å². The molecular weight excluding hydrogens is 431 g/mol. The van der Waals surface area contributed by atoms with E-state index >= 15 is 0 Å². The minimum Gasteiger partial charge on any atom is -0.490 e. The van der Waals surface area contributed by atoms with Gasteiger partial charge in [-0.25, -0.2) is 14.1 Å². The van der Waals surface area contributed by atoms with Gasteiger partial charge in [-0.2, -0.15) is 0 Å². The van der Waals surface area contributed by atoms with Crippen molar-refractivity contribution in [3.05, 3.63) is 78.2 Å². The standard InChI is InChI=1S/C26H25FN6O/c1-26(2,28)11-13-34-24-10-6-19(15-20(24)27)22-8-9-23-25(30-22)33(32-31-23)16-17-5-7-21-18(14-17)4-3-12-29-21/h3-10,12,14-15H,11,13,16,28H2,1-2H3. The molecule has 0 saturated carbocycles. The number of nitrogens with zero attached hydrogens (tertiary/aromatic N) is 5. The quantitative estimate of drug-likeness (QED) is 0.381. The molecule has 3 heterocycles. The Hall–Kier alpha value is -3.91. The van der Waals surface area contributed by atoms with Crippen molar-refractivity contribution in [3.63, 3.8) is 0 Å². The summed E-state index contributed by atoms with van der Waals surface area (Å²) >= 11 is 0. The van der Waals surface area contributed by atoms with Crippen LogP contribution in [0.15, 0.2) is 66.9 Å². The number of aromatic nitrogens is 5. The molecule has 5 aromatic rings. The van der Waals surface area contributed by atoms with Crippen LogP contribution in [-0.4, -0.2) is 37.1 Å². The van der Waals surface area contributed by atoms with E-state index in [1.54, 1.807) is 23.0 Å². The third-order valence-corrected chi connectivity index (χ3v) is 5.59. The van der Waals surface area contributed by atoms with E-state index in [0.29, 0.717) is 42.0 Å². The summed E-state index contributed by atoms with van der Waals surface area (Å²) in [5.41, 5.74) is 10.2. The third-order valence-electron chi connectivity index (χ3n) is 5.59. The van der Waals surface area contributed by atoms with E-state index in [1.165, 1.54) is 6.07 Å². The fourth-order valence-corrected chi connectivity index (χ4v) is 3.72. The highest BCUT2D eigenvalue weighted by Gasteiger charge is 2.14. The van der Waals surface area contributed by atoms with Crippen molar-refractivity contribution < 1.29 is 9.13 Å². The molecule has 172 valence electrons. The Kier molecular flexibility index (Phi) is 5.67. The molecule has 0 amide bonds. The highest BCUT2D eigenvalue weighted by atomic mass is 19.1. The van der Waals surface area contributed by atoms with Crippen LogP contribution < -0.4 is 10.5 Å². The van der Waals surface area contributed by atoms with Crippen molar-refractivity contribution in [2.75, 3.05) is 6.61 Å². The Morgan fingerprint density at radius 2 is 1.88 bits per heavy atom. The van der Waals surface area contributed by atoms with Crippen molar-refractivity contribution in [1.29, 1.82) is 0 Å². The predicted molar refractivity (Wildman–Crippen MR) is 130 cm³/mol. The Morgan fingerprint density at radius 1 is 1.03 bits per heavy atom. The number of nitrogens with two attached hydrogens (primary N) is 1. The number of hydrogen-bond acceptors (Lipinski definition) is 6. The molecule has 8 heteroatoms. The fraction of sp³-hybridized carbons (Fsp3) is 0.231. The van der Waals surface area contributed by atoms with Crippen LogP contribution in [0.1, 0.15) is 25.8 Å². The topological polar surface area (TPSA) is 91.7 Å². The number of hydrogen-bond donors (Lipinski definition) is 1. The normalized spacial score (nSPS) is 11.9. The van der Waals surface area contributed by atoms with Crippen LogP contribution in [0.25, 0.3) is 33.3 Å². The lowest BCUT2D eigenvalue weighted by Crippen LogP contribution is -2.33. The van der Waals surface area contributed by atoms with Crippen molar-refractivity contribution in [1.82, 2.24) is 25.0 Å². The molecule has 0 bridgehead atoms. The lowest BCUT2D eigenvalue weighted by atomic mass is 10.0. The van der Waals surface area contributed by atoms with Crippen LogP contribution in [-0.2, 0) is 6.54 Å². The number of ether oxygens (including phenoxy) is 1. The van der Waals surface area contributed by atoms with Gasteiger partial charge in [0.25, 0.3) is 0 Å². The van der Waals surface area contributed by atoms with Crippen LogP contribution in [0.4, 0.5) is 4.39 Å². The van der Waals surface area contributed by atoms with Crippen LogP contribution in [0, 0.1) is 5.82 Å². The number of pyridine rings is 2. The molecule has 0 aliphatic heterocycles. The second kappa shape index (κ2) is 8.79. The van der Waals surface area contributed by atoms with Gasteiger partial charge in [-0.1, -0.05) is 17.3 Å². The van der Waals surface area contributed by atoms with Crippen LogP contribution in [0.5, 0.6) is 5.75 Å². The van der Waals surface area contributed by atoms with Crippen LogP contribution in [0.2, 0.25) is 0 Å². The Balaban J connectivity index is 1.39. The molecule has 7 nitrogen and oxygen atoms in total. The van der Waals surface area contributed by atoms with Gasteiger partial charge in [-0.05, 0) is 74.4 Å². The second-order valence-electron chi connectivity index (χ2n) is 9.05. The van der Waals surface area contributed by atoms with Gasteiger partial charge in [0.2, 0.25) is 0 Å². The SMILES string of the molecule is CC(C)(N)CCOc1ccc(-c2ccc3nnn(Cc4ccc5ncccc5c4)c3n2)cc1F. The second-order valence-corrected chi connectivity index (χ2v) is 9.05. The van der Waals surface area contributed by atoms with Gasteiger partial charge in [0.1, 0.15) is 5.52 Å². The number of halogens is 1. The van der Waals surface area contributed by atoms with E-state index in [0.717, 1.165) is 16.5 Å². The molecule has 0 radical (unpaired) electrons. The summed E-state index contributed by atoms with van der Waals surface area (Å²) in [6.07, 6.45) is 2.40. The Bertz CT molecular complexity index is 1470. The lowest BCUT2D eigenvalue weighted by Gasteiger charge is -2.18. The van der Waals surface area contributed by atoms with Gasteiger partial charge < -0.3 is 10.5 Å². The summed E-state index contributed by atoms with van der Waals surface area (Å²) in [6, 6.07) is 18.5. The van der Waals surface area contributed by atoms with E-state index < -0.39 is 5.82 Å². The molecule has 0 unspecified atom stereocenters. The minimum atomic E-state index is -0.439. The molecule has 2 aromatic carbocycles. The molecule has 0 spiro atoms. The molecule has 3 aromatic heterocycles. The fourth-order valence-electron chi connectivity index (χ4n) is 3.72. The molecule has 0 atom stereocenters. The van der Waals surface area contributed by atoms with Crippen molar-refractivity contribution in [2.24, 2.45) is 5.73 Å². The Labute approximate surface area is 196 Å². The zero-order chi connectivity index (χ0) is 23.7. The molecule has 2 N–H and O–H groups in total. The van der Waals surface area contributed by atoms with Crippen molar-refractivity contribution >= 4 is 22.1 Å². The smallest absolute Gasteiger partial charge is 0.179 e. The average Bonchev–Trinajstić information content (AvgIpc) is 3.21. The predicted octanol–water partition coefficient (Wildman–Crippen LogP) is 4.74. The molecule has 0 fully saturated rings. The zero-order valence-electron chi connectivity index (χ0n) is 19.1. The maximum Gasteiger partial charge on any atom is 0.179 e. The van der Waals surface area contributed by atoms with E-state index in [2.05, 4.69) is 21.4 Å². The van der Waals surface area contributed by atoms with Crippen molar-refractivity contribution in [2.45, 2.75) is 32.4 Å². The first-order valence-electron chi connectivity index (χ1n) is 11.1.